The number of carbonyl (C=O) groups is 1. The SMILES string of the molecule is CCNC(C)c1cnc(N2CCNC(=O)CC2)s1. The maximum Gasteiger partial charge on any atom is 0.221 e. The van der Waals surface area contributed by atoms with E-state index in [1.807, 2.05) is 6.20 Å². The fourth-order valence-electron chi connectivity index (χ4n) is 1.99. The maximum absolute atomic E-state index is 11.3. The summed E-state index contributed by atoms with van der Waals surface area (Å²) in [6, 6.07) is 0.341. The number of hydrogen-bond donors (Lipinski definition) is 2. The van der Waals surface area contributed by atoms with Gasteiger partial charge in [0.2, 0.25) is 5.91 Å². The number of hydrogen-bond acceptors (Lipinski definition) is 5. The zero-order valence-electron chi connectivity index (χ0n) is 10.9. The molecule has 18 heavy (non-hydrogen) atoms. The predicted octanol–water partition coefficient (Wildman–Crippen LogP) is 1.14. The van der Waals surface area contributed by atoms with Crippen molar-refractivity contribution in [2.75, 3.05) is 31.1 Å². The third-order valence-electron chi connectivity index (χ3n) is 3.03. The Morgan fingerprint density at radius 3 is 3.22 bits per heavy atom. The Bertz CT molecular complexity index is 407. The molecule has 1 aromatic heterocycles. The van der Waals surface area contributed by atoms with Gasteiger partial charge in [0.1, 0.15) is 0 Å². The van der Waals surface area contributed by atoms with Gasteiger partial charge in [-0.05, 0) is 13.5 Å². The molecule has 1 aliphatic rings. The molecule has 5 nitrogen and oxygen atoms in total. The van der Waals surface area contributed by atoms with Gasteiger partial charge in [0.15, 0.2) is 5.13 Å². The van der Waals surface area contributed by atoms with Crippen molar-refractivity contribution in [3.05, 3.63) is 11.1 Å². The Morgan fingerprint density at radius 1 is 1.61 bits per heavy atom. The Labute approximate surface area is 112 Å². The monoisotopic (exact) mass is 268 g/mol. The molecule has 0 aromatic carbocycles. The largest absolute Gasteiger partial charge is 0.354 e. The van der Waals surface area contributed by atoms with E-state index in [1.54, 1.807) is 11.3 Å². The number of nitrogens with zero attached hydrogens (tertiary/aromatic N) is 2. The molecule has 0 bridgehead atoms. The first kappa shape index (κ1) is 13.3. The molecular formula is C12H20N4OS. The Kier molecular flexibility index (Phi) is 4.54. The second-order valence-electron chi connectivity index (χ2n) is 4.41. The van der Waals surface area contributed by atoms with E-state index in [9.17, 15) is 4.79 Å². The van der Waals surface area contributed by atoms with Crippen LogP contribution in [0.3, 0.4) is 0 Å². The first-order valence-electron chi connectivity index (χ1n) is 6.41. The summed E-state index contributed by atoms with van der Waals surface area (Å²) in [6.07, 6.45) is 2.49. The van der Waals surface area contributed by atoms with Crippen LogP contribution in [0.25, 0.3) is 0 Å². The quantitative estimate of drug-likeness (QED) is 0.860. The van der Waals surface area contributed by atoms with Crippen LogP contribution < -0.4 is 15.5 Å². The van der Waals surface area contributed by atoms with E-state index in [2.05, 4.69) is 34.4 Å². The van der Waals surface area contributed by atoms with Gasteiger partial charge in [0, 0.05) is 43.2 Å². The van der Waals surface area contributed by atoms with Gasteiger partial charge in [-0.2, -0.15) is 0 Å². The third kappa shape index (κ3) is 3.20. The molecule has 1 unspecified atom stereocenters. The van der Waals surface area contributed by atoms with Crippen LogP contribution in [-0.4, -0.2) is 37.1 Å². The molecule has 0 spiro atoms. The van der Waals surface area contributed by atoms with Crippen molar-refractivity contribution in [3.8, 4) is 0 Å². The molecule has 0 saturated carbocycles. The lowest BCUT2D eigenvalue weighted by Crippen LogP contribution is -2.28. The van der Waals surface area contributed by atoms with Gasteiger partial charge >= 0.3 is 0 Å². The molecule has 0 radical (unpaired) electrons. The fourth-order valence-corrected chi connectivity index (χ4v) is 2.98. The lowest BCUT2D eigenvalue weighted by atomic mass is 10.3. The second-order valence-corrected chi connectivity index (χ2v) is 5.45. The summed E-state index contributed by atoms with van der Waals surface area (Å²) in [7, 11) is 0. The van der Waals surface area contributed by atoms with Gasteiger partial charge in [0.25, 0.3) is 0 Å². The summed E-state index contributed by atoms with van der Waals surface area (Å²) in [4.78, 5) is 19.2. The first-order chi connectivity index (χ1) is 8.70. The number of amides is 1. The van der Waals surface area contributed by atoms with Crippen molar-refractivity contribution < 1.29 is 4.79 Å². The van der Waals surface area contributed by atoms with Crippen LogP contribution in [0.1, 0.15) is 31.2 Å². The van der Waals surface area contributed by atoms with Gasteiger partial charge in [-0.15, -0.1) is 11.3 Å². The summed E-state index contributed by atoms with van der Waals surface area (Å²) >= 11 is 1.71. The van der Waals surface area contributed by atoms with Gasteiger partial charge in [-0.25, -0.2) is 4.98 Å². The van der Waals surface area contributed by atoms with Crippen molar-refractivity contribution in [2.24, 2.45) is 0 Å². The lowest BCUT2D eigenvalue weighted by molar-refractivity contribution is -0.120. The van der Waals surface area contributed by atoms with Gasteiger partial charge in [-0.3, -0.25) is 4.79 Å². The molecule has 1 aliphatic heterocycles. The Balaban J connectivity index is 2.02. The molecule has 2 N–H and O–H groups in total. The fraction of sp³-hybridized carbons (Fsp3) is 0.667. The summed E-state index contributed by atoms with van der Waals surface area (Å²) in [6.45, 7) is 7.51. The van der Waals surface area contributed by atoms with Crippen molar-refractivity contribution in [1.82, 2.24) is 15.6 Å². The second kappa shape index (κ2) is 6.15. The van der Waals surface area contributed by atoms with Crippen LogP contribution >= 0.6 is 11.3 Å². The van der Waals surface area contributed by atoms with Crippen molar-refractivity contribution >= 4 is 22.4 Å². The minimum absolute atomic E-state index is 0.135. The number of thiazole rings is 1. The van der Waals surface area contributed by atoms with E-state index < -0.39 is 0 Å². The van der Waals surface area contributed by atoms with Crippen LogP contribution in [0.4, 0.5) is 5.13 Å². The Morgan fingerprint density at radius 2 is 2.44 bits per heavy atom. The van der Waals surface area contributed by atoms with E-state index in [0.29, 0.717) is 19.0 Å². The highest BCUT2D eigenvalue weighted by molar-refractivity contribution is 7.15. The van der Waals surface area contributed by atoms with Crippen molar-refractivity contribution in [2.45, 2.75) is 26.3 Å². The first-order valence-corrected chi connectivity index (χ1v) is 7.23. The van der Waals surface area contributed by atoms with Crippen LogP contribution in [0.5, 0.6) is 0 Å². The van der Waals surface area contributed by atoms with E-state index >= 15 is 0 Å². The van der Waals surface area contributed by atoms with Crippen LogP contribution in [0.2, 0.25) is 0 Å². The summed E-state index contributed by atoms with van der Waals surface area (Å²) in [5.74, 6) is 0.135. The molecule has 2 rings (SSSR count). The van der Waals surface area contributed by atoms with Crippen molar-refractivity contribution in [1.29, 1.82) is 0 Å². The average molecular weight is 268 g/mol. The summed E-state index contributed by atoms with van der Waals surface area (Å²) in [5, 5.41) is 7.28. The highest BCUT2D eigenvalue weighted by Crippen LogP contribution is 2.27. The third-order valence-corrected chi connectivity index (χ3v) is 4.27. The lowest BCUT2D eigenvalue weighted by Gasteiger charge is -2.17. The maximum atomic E-state index is 11.3. The van der Waals surface area contributed by atoms with Crippen LogP contribution in [-0.2, 0) is 4.79 Å². The molecule has 1 aromatic rings. The highest BCUT2D eigenvalue weighted by atomic mass is 32.1. The molecule has 100 valence electrons. The van der Waals surface area contributed by atoms with E-state index in [4.69, 9.17) is 0 Å². The number of anilines is 1. The molecule has 1 saturated heterocycles. The van der Waals surface area contributed by atoms with E-state index in [1.165, 1.54) is 4.88 Å². The normalized spacial score (nSPS) is 18.3. The number of rotatable bonds is 4. The highest BCUT2D eigenvalue weighted by Gasteiger charge is 2.17. The summed E-state index contributed by atoms with van der Waals surface area (Å²) in [5.41, 5.74) is 0. The molecule has 1 atom stereocenters. The van der Waals surface area contributed by atoms with Crippen LogP contribution in [0, 0.1) is 0 Å². The molecule has 1 fully saturated rings. The average Bonchev–Trinajstić information content (AvgIpc) is 2.74. The molecular weight excluding hydrogens is 248 g/mol. The topological polar surface area (TPSA) is 57.3 Å². The van der Waals surface area contributed by atoms with Crippen molar-refractivity contribution in [3.63, 3.8) is 0 Å². The predicted molar refractivity (Wildman–Crippen MR) is 74.0 cm³/mol. The minimum Gasteiger partial charge on any atom is -0.354 e. The minimum atomic E-state index is 0.135. The molecule has 6 heteroatoms. The van der Waals surface area contributed by atoms with Gasteiger partial charge < -0.3 is 15.5 Å². The molecule has 0 aliphatic carbocycles. The number of carbonyl (C=O) groups excluding carboxylic acids is 1. The van der Waals surface area contributed by atoms with Gasteiger partial charge in [-0.1, -0.05) is 6.92 Å². The molecule has 1 amide bonds. The van der Waals surface area contributed by atoms with Crippen LogP contribution in [0.15, 0.2) is 6.20 Å². The standard InChI is InChI=1S/C12H20N4OS/c1-3-13-9(2)10-8-15-12(18-10)16-6-4-11(17)14-5-7-16/h8-9,13H,3-7H2,1-2H3,(H,14,17). The number of nitrogens with one attached hydrogen (secondary N) is 2. The van der Waals surface area contributed by atoms with Gasteiger partial charge in [0.05, 0.1) is 0 Å². The smallest absolute Gasteiger partial charge is 0.221 e. The summed E-state index contributed by atoms with van der Waals surface area (Å²) < 4.78 is 0. The van der Waals surface area contributed by atoms with E-state index in [-0.39, 0.29) is 5.91 Å². The molecule has 2 heterocycles. The number of aromatic nitrogens is 1. The zero-order valence-corrected chi connectivity index (χ0v) is 11.7. The zero-order chi connectivity index (χ0) is 13.0. The Hall–Kier alpha value is -1.14. The van der Waals surface area contributed by atoms with E-state index in [0.717, 1.165) is 24.8 Å².